The molecule has 3 amide bonds. The molecule has 2 aliphatic rings. The van der Waals surface area contributed by atoms with E-state index < -0.39 is 10.8 Å². The smallest absolute Gasteiger partial charge is 0.270 e. The second-order valence-electron chi connectivity index (χ2n) is 6.39. The molecule has 1 aliphatic heterocycles. The molecule has 1 saturated heterocycles. The van der Waals surface area contributed by atoms with Gasteiger partial charge in [0.05, 0.1) is 16.8 Å². The Hall–Kier alpha value is -2.77. The van der Waals surface area contributed by atoms with Crippen LogP contribution in [0.1, 0.15) is 36.5 Å². The molecule has 3 rings (SSSR count). The van der Waals surface area contributed by atoms with Crippen molar-refractivity contribution in [2.24, 2.45) is 17.8 Å². The molecule has 0 aromatic heterocycles. The standard InChI is InChI=1S/C16H17N3O5/c1-9-2-7-12-13(8-9)16(22)18(15(12)21)17-14(20)10-3-5-11(6-4-10)19(23)24/h3-6,9,12-13H,2,7-8H2,1H3,(H,17,20)/t9-,12+,13+/m1/s1. The first-order valence-electron chi connectivity index (χ1n) is 7.81. The number of hydrazine groups is 1. The molecule has 0 unspecified atom stereocenters. The van der Waals surface area contributed by atoms with E-state index in [1.54, 1.807) is 0 Å². The van der Waals surface area contributed by atoms with Crippen molar-refractivity contribution in [3.8, 4) is 0 Å². The minimum Gasteiger partial charge on any atom is -0.272 e. The van der Waals surface area contributed by atoms with Gasteiger partial charge >= 0.3 is 0 Å². The zero-order valence-corrected chi connectivity index (χ0v) is 13.1. The molecular formula is C16H17N3O5. The van der Waals surface area contributed by atoms with Gasteiger partial charge in [0, 0.05) is 17.7 Å². The number of nitro groups is 1. The number of nitro benzene ring substituents is 1. The number of amides is 3. The first-order valence-corrected chi connectivity index (χ1v) is 7.81. The van der Waals surface area contributed by atoms with Crippen LogP contribution >= 0.6 is 0 Å². The van der Waals surface area contributed by atoms with Crippen molar-refractivity contribution < 1.29 is 19.3 Å². The lowest BCUT2D eigenvalue weighted by Crippen LogP contribution is -2.46. The molecule has 1 aromatic carbocycles. The number of benzene rings is 1. The zero-order valence-electron chi connectivity index (χ0n) is 13.1. The Morgan fingerprint density at radius 3 is 2.42 bits per heavy atom. The molecule has 1 aliphatic carbocycles. The Morgan fingerprint density at radius 2 is 1.79 bits per heavy atom. The second-order valence-corrected chi connectivity index (χ2v) is 6.39. The number of hydrogen-bond donors (Lipinski definition) is 1. The quantitative estimate of drug-likeness (QED) is 0.514. The minimum atomic E-state index is -0.640. The van der Waals surface area contributed by atoms with Gasteiger partial charge in [-0.05, 0) is 37.3 Å². The van der Waals surface area contributed by atoms with Gasteiger partial charge in [0.25, 0.3) is 23.4 Å². The minimum absolute atomic E-state index is 0.139. The third-order valence-electron chi connectivity index (χ3n) is 4.74. The molecule has 0 radical (unpaired) electrons. The van der Waals surface area contributed by atoms with E-state index in [2.05, 4.69) is 5.43 Å². The lowest BCUT2D eigenvalue weighted by Gasteiger charge is -2.25. The SMILES string of the molecule is C[C@@H]1CC[C@@H]2C(=O)N(NC(=O)c3ccc([N+](=O)[O-])cc3)C(=O)[C@H]2C1. The van der Waals surface area contributed by atoms with Crippen molar-refractivity contribution in [3.63, 3.8) is 0 Å². The summed E-state index contributed by atoms with van der Waals surface area (Å²) in [6.07, 6.45) is 2.20. The van der Waals surface area contributed by atoms with Crippen LogP contribution in [0.2, 0.25) is 0 Å². The monoisotopic (exact) mass is 331 g/mol. The fraction of sp³-hybridized carbons (Fsp3) is 0.438. The van der Waals surface area contributed by atoms with Crippen LogP contribution < -0.4 is 5.43 Å². The highest BCUT2D eigenvalue weighted by atomic mass is 16.6. The second kappa shape index (κ2) is 6.03. The van der Waals surface area contributed by atoms with Gasteiger partial charge in [-0.3, -0.25) is 29.9 Å². The average molecular weight is 331 g/mol. The van der Waals surface area contributed by atoms with Gasteiger partial charge in [-0.1, -0.05) is 6.92 Å². The summed E-state index contributed by atoms with van der Waals surface area (Å²) >= 11 is 0. The van der Waals surface area contributed by atoms with Crippen LogP contribution in [0.4, 0.5) is 5.69 Å². The zero-order chi connectivity index (χ0) is 17.4. The summed E-state index contributed by atoms with van der Waals surface area (Å²) in [5.41, 5.74) is 2.34. The number of fused-ring (bicyclic) bond motifs is 1. The molecular weight excluding hydrogens is 314 g/mol. The largest absolute Gasteiger partial charge is 0.272 e. The van der Waals surface area contributed by atoms with Gasteiger partial charge in [0.2, 0.25) is 0 Å². The van der Waals surface area contributed by atoms with Crippen molar-refractivity contribution in [3.05, 3.63) is 39.9 Å². The molecule has 0 bridgehead atoms. The molecule has 2 fully saturated rings. The van der Waals surface area contributed by atoms with Crippen molar-refractivity contribution in [1.29, 1.82) is 0 Å². The van der Waals surface area contributed by atoms with E-state index in [9.17, 15) is 24.5 Å². The predicted octanol–water partition coefficient (Wildman–Crippen LogP) is 1.66. The number of nitrogens with one attached hydrogen (secondary N) is 1. The van der Waals surface area contributed by atoms with Gasteiger partial charge in [-0.25, -0.2) is 0 Å². The summed E-state index contributed by atoms with van der Waals surface area (Å²) in [6, 6.07) is 4.97. The van der Waals surface area contributed by atoms with Crippen molar-refractivity contribution in [1.82, 2.24) is 10.4 Å². The number of nitrogens with zero attached hydrogens (tertiary/aromatic N) is 2. The van der Waals surface area contributed by atoms with Crippen molar-refractivity contribution >= 4 is 23.4 Å². The third kappa shape index (κ3) is 2.75. The maximum absolute atomic E-state index is 12.4. The number of carbonyl (C=O) groups is 3. The van der Waals surface area contributed by atoms with Gasteiger partial charge in [0.15, 0.2) is 0 Å². The van der Waals surface area contributed by atoms with Crippen LogP contribution in [0.5, 0.6) is 0 Å². The van der Waals surface area contributed by atoms with Crippen LogP contribution in [0, 0.1) is 27.9 Å². The number of non-ortho nitro benzene ring substituents is 1. The van der Waals surface area contributed by atoms with Crippen LogP contribution in [0.3, 0.4) is 0 Å². The van der Waals surface area contributed by atoms with Gasteiger partial charge in [-0.2, -0.15) is 5.01 Å². The highest BCUT2D eigenvalue weighted by Gasteiger charge is 2.50. The fourth-order valence-corrected chi connectivity index (χ4v) is 3.40. The van der Waals surface area contributed by atoms with Crippen molar-refractivity contribution in [2.75, 3.05) is 0 Å². The van der Waals surface area contributed by atoms with Crippen LogP contribution in [0.25, 0.3) is 0 Å². The highest BCUT2D eigenvalue weighted by Crippen LogP contribution is 2.39. The Bertz CT molecular complexity index is 715. The molecule has 126 valence electrons. The lowest BCUT2D eigenvalue weighted by molar-refractivity contribution is -0.384. The number of hydrogen-bond acceptors (Lipinski definition) is 5. The molecule has 8 nitrogen and oxygen atoms in total. The average Bonchev–Trinajstić information content (AvgIpc) is 2.79. The Kier molecular flexibility index (Phi) is 4.04. The Labute approximate surface area is 137 Å². The van der Waals surface area contributed by atoms with Crippen molar-refractivity contribution in [2.45, 2.75) is 26.2 Å². The summed E-state index contributed by atoms with van der Waals surface area (Å²) in [5.74, 6) is -1.71. The van der Waals surface area contributed by atoms with E-state index in [4.69, 9.17) is 0 Å². The van der Waals surface area contributed by atoms with Crippen LogP contribution in [-0.2, 0) is 9.59 Å². The summed E-state index contributed by atoms with van der Waals surface area (Å²) in [5, 5.41) is 11.4. The molecule has 3 atom stereocenters. The molecule has 0 spiro atoms. The van der Waals surface area contributed by atoms with Gasteiger partial charge in [-0.15, -0.1) is 0 Å². The number of imide groups is 1. The highest BCUT2D eigenvalue weighted by molar-refractivity contribution is 6.07. The molecule has 1 aromatic rings. The van der Waals surface area contributed by atoms with Gasteiger partial charge < -0.3 is 0 Å². The van der Waals surface area contributed by atoms with E-state index in [0.29, 0.717) is 18.8 Å². The maximum Gasteiger partial charge on any atom is 0.270 e. The van der Waals surface area contributed by atoms with E-state index in [1.807, 2.05) is 6.92 Å². The topological polar surface area (TPSA) is 110 Å². The summed E-state index contributed by atoms with van der Waals surface area (Å²) in [4.78, 5) is 47.0. The van der Waals surface area contributed by atoms with Crippen LogP contribution in [-0.4, -0.2) is 27.7 Å². The normalized spacial score (nSPS) is 26.2. The molecule has 1 heterocycles. The van der Waals surface area contributed by atoms with Crippen LogP contribution in [0.15, 0.2) is 24.3 Å². The van der Waals surface area contributed by atoms with E-state index in [0.717, 1.165) is 11.4 Å². The van der Waals surface area contributed by atoms with E-state index >= 15 is 0 Å². The first kappa shape index (κ1) is 16.1. The predicted molar refractivity (Wildman–Crippen MR) is 82.4 cm³/mol. The molecule has 8 heteroatoms. The number of carbonyl (C=O) groups excluding carboxylic acids is 3. The third-order valence-corrected chi connectivity index (χ3v) is 4.74. The molecule has 1 saturated carbocycles. The van der Waals surface area contributed by atoms with E-state index in [-0.39, 0.29) is 34.9 Å². The fourth-order valence-electron chi connectivity index (χ4n) is 3.40. The molecule has 1 N–H and O–H groups in total. The first-order chi connectivity index (χ1) is 11.4. The van der Waals surface area contributed by atoms with E-state index in [1.165, 1.54) is 24.3 Å². The lowest BCUT2D eigenvalue weighted by atomic mass is 9.76. The Balaban J connectivity index is 1.73. The summed E-state index contributed by atoms with van der Waals surface area (Å²) in [7, 11) is 0. The molecule has 24 heavy (non-hydrogen) atoms. The van der Waals surface area contributed by atoms with Gasteiger partial charge in [0.1, 0.15) is 0 Å². The Morgan fingerprint density at radius 1 is 1.17 bits per heavy atom. The summed E-state index contributed by atoms with van der Waals surface area (Å²) < 4.78 is 0. The maximum atomic E-state index is 12.4. The summed E-state index contributed by atoms with van der Waals surface area (Å²) in [6.45, 7) is 2.05. The number of rotatable bonds is 3.